The van der Waals surface area contributed by atoms with E-state index in [4.69, 9.17) is 10.5 Å². The summed E-state index contributed by atoms with van der Waals surface area (Å²) in [6.45, 7) is 2.57. The van der Waals surface area contributed by atoms with E-state index in [-0.39, 0.29) is 5.82 Å². The lowest BCUT2D eigenvalue weighted by atomic mass is 10.1. The molecule has 0 bridgehead atoms. The van der Waals surface area contributed by atoms with Crippen molar-refractivity contribution in [1.82, 2.24) is 9.78 Å². The number of hydrogen-bond donors (Lipinski definition) is 1. The third-order valence-corrected chi connectivity index (χ3v) is 3.03. The van der Waals surface area contributed by atoms with Crippen molar-refractivity contribution in [3.63, 3.8) is 0 Å². The van der Waals surface area contributed by atoms with Gasteiger partial charge >= 0.3 is 0 Å². The van der Waals surface area contributed by atoms with E-state index in [1.54, 1.807) is 23.9 Å². The molecule has 102 valence electrons. The molecule has 5 heteroatoms. The quantitative estimate of drug-likeness (QED) is 0.900. The zero-order chi connectivity index (χ0) is 13.8. The summed E-state index contributed by atoms with van der Waals surface area (Å²) < 4.78 is 20.1. The van der Waals surface area contributed by atoms with Crippen LogP contribution in [0.1, 0.15) is 17.7 Å². The second-order valence-corrected chi connectivity index (χ2v) is 4.35. The van der Waals surface area contributed by atoms with E-state index in [9.17, 15) is 4.39 Å². The van der Waals surface area contributed by atoms with E-state index >= 15 is 0 Å². The molecule has 0 amide bonds. The third-order valence-electron chi connectivity index (χ3n) is 3.03. The Kier molecular flexibility index (Phi) is 4.16. The van der Waals surface area contributed by atoms with Gasteiger partial charge in [-0.3, -0.25) is 0 Å². The van der Waals surface area contributed by atoms with E-state index in [0.29, 0.717) is 12.4 Å². The molecule has 0 aliphatic heterocycles. The van der Waals surface area contributed by atoms with Gasteiger partial charge in [0, 0.05) is 5.56 Å². The highest BCUT2D eigenvalue weighted by Gasteiger charge is 2.16. The number of nitrogens with zero attached hydrogens (tertiary/aromatic N) is 2. The first-order chi connectivity index (χ1) is 9.17. The van der Waals surface area contributed by atoms with Gasteiger partial charge in [0.15, 0.2) is 0 Å². The van der Waals surface area contributed by atoms with Crippen LogP contribution in [0.15, 0.2) is 24.3 Å². The maximum Gasteiger partial charge on any atom is 0.219 e. The molecule has 0 spiro atoms. The van der Waals surface area contributed by atoms with Gasteiger partial charge in [0.05, 0.1) is 18.5 Å². The molecule has 0 saturated carbocycles. The molecule has 0 aliphatic rings. The van der Waals surface area contributed by atoms with Gasteiger partial charge in [-0.1, -0.05) is 0 Å². The highest BCUT2D eigenvalue weighted by atomic mass is 19.1. The number of benzene rings is 1. The number of ether oxygens (including phenoxy) is 1. The van der Waals surface area contributed by atoms with Gasteiger partial charge < -0.3 is 10.5 Å². The Morgan fingerprint density at radius 1 is 1.32 bits per heavy atom. The summed E-state index contributed by atoms with van der Waals surface area (Å²) in [6, 6.07) is 6.17. The predicted octanol–water partition coefficient (Wildman–Crippen LogP) is 2.22. The molecule has 0 aliphatic carbocycles. The molecule has 0 saturated heterocycles. The van der Waals surface area contributed by atoms with Crippen LogP contribution < -0.4 is 10.5 Å². The van der Waals surface area contributed by atoms with Crippen LogP contribution in [0.4, 0.5) is 4.39 Å². The molecule has 1 aromatic carbocycles. The fraction of sp³-hybridized carbons (Fsp3) is 0.357. The Morgan fingerprint density at radius 3 is 2.58 bits per heavy atom. The molecular formula is C14H18FN3O. The van der Waals surface area contributed by atoms with Gasteiger partial charge in [0.1, 0.15) is 5.82 Å². The summed E-state index contributed by atoms with van der Waals surface area (Å²) >= 11 is 0. The van der Waals surface area contributed by atoms with Crippen molar-refractivity contribution in [3.8, 4) is 11.6 Å². The van der Waals surface area contributed by atoms with Crippen molar-refractivity contribution < 1.29 is 9.13 Å². The molecule has 0 radical (unpaired) electrons. The number of halogens is 1. The molecule has 2 rings (SSSR count). The number of aryl methyl sites for hydroxylation is 1. The van der Waals surface area contributed by atoms with E-state index in [0.717, 1.165) is 29.8 Å². The van der Waals surface area contributed by atoms with Gasteiger partial charge in [0.25, 0.3) is 0 Å². The van der Waals surface area contributed by atoms with Gasteiger partial charge in [-0.25, -0.2) is 9.07 Å². The minimum absolute atomic E-state index is 0.269. The average Bonchev–Trinajstić information content (AvgIpc) is 2.73. The predicted molar refractivity (Wildman–Crippen MR) is 72.2 cm³/mol. The van der Waals surface area contributed by atoms with Crippen LogP contribution in [0.5, 0.6) is 5.88 Å². The molecular weight excluding hydrogens is 245 g/mol. The summed E-state index contributed by atoms with van der Waals surface area (Å²) in [7, 11) is 1.61. The Bertz CT molecular complexity index is 549. The summed E-state index contributed by atoms with van der Waals surface area (Å²) in [5, 5.41) is 4.46. The number of rotatable bonds is 5. The second kappa shape index (κ2) is 5.84. The van der Waals surface area contributed by atoms with Crippen molar-refractivity contribution in [1.29, 1.82) is 0 Å². The molecule has 0 atom stereocenters. The van der Waals surface area contributed by atoms with Crippen molar-refractivity contribution in [2.45, 2.75) is 19.8 Å². The monoisotopic (exact) mass is 263 g/mol. The summed E-state index contributed by atoms with van der Waals surface area (Å²) in [6.07, 6.45) is 1.71. The Hall–Kier alpha value is -1.88. The van der Waals surface area contributed by atoms with Crippen molar-refractivity contribution in [2.75, 3.05) is 13.7 Å². The first kappa shape index (κ1) is 13.5. The van der Waals surface area contributed by atoms with Gasteiger partial charge in [-0.05, 0) is 50.6 Å². The van der Waals surface area contributed by atoms with Crippen LogP contribution in [0, 0.1) is 12.7 Å². The van der Waals surface area contributed by atoms with E-state index < -0.39 is 0 Å². The van der Waals surface area contributed by atoms with Crippen LogP contribution in [-0.4, -0.2) is 23.4 Å². The average molecular weight is 263 g/mol. The zero-order valence-corrected chi connectivity index (χ0v) is 11.2. The highest BCUT2D eigenvalue weighted by Crippen LogP contribution is 2.26. The van der Waals surface area contributed by atoms with Crippen LogP contribution in [0.25, 0.3) is 5.69 Å². The topological polar surface area (TPSA) is 53.1 Å². The third kappa shape index (κ3) is 2.76. The molecule has 4 nitrogen and oxygen atoms in total. The zero-order valence-electron chi connectivity index (χ0n) is 11.2. The molecule has 0 fully saturated rings. The van der Waals surface area contributed by atoms with Crippen LogP contribution in [0.3, 0.4) is 0 Å². The lowest BCUT2D eigenvalue weighted by Gasteiger charge is -2.08. The first-order valence-electron chi connectivity index (χ1n) is 6.26. The van der Waals surface area contributed by atoms with Crippen LogP contribution >= 0.6 is 0 Å². The molecule has 0 unspecified atom stereocenters. The van der Waals surface area contributed by atoms with Gasteiger partial charge in [-0.15, -0.1) is 0 Å². The SMILES string of the molecule is COc1c(CCCN)c(C)nn1-c1ccc(F)cc1. The number of methoxy groups -OCH3 is 1. The molecule has 19 heavy (non-hydrogen) atoms. The minimum Gasteiger partial charge on any atom is -0.481 e. The number of nitrogens with two attached hydrogens (primary N) is 1. The number of aromatic nitrogens is 2. The van der Waals surface area contributed by atoms with Crippen molar-refractivity contribution in [3.05, 3.63) is 41.3 Å². The maximum atomic E-state index is 13.0. The van der Waals surface area contributed by atoms with E-state index in [2.05, 4.69) is 5.10 Å². The normalized spacial score (nSPS) is 10.7. The smallest absolute Gasteiger partial charge is 0.219 e. The lowest BCUT2D eigenvalue weighted by molar-refractivity contribution is 0.379. The van der Waals surface area contributed by atoms with Gasteiger partial charge in [0.2, 0.25) is 5.88 Å². The summed E-state index contributed by atoms with van der Waals surface area (Å²) in [4.78, 5) is 0. The standard InChI is InChI=1S/C14H18FN3O/c1-10-13(4-3-9-16)14(19-2)18(17-10)12-7-5-11(15)6-8-12/h5-8H,3-4,9,16H2,1-2H3. The Labute approximate surface area is 112 Å². The van der Waals surface area contributed by atoms with Gasteiger partial charge in [-0.2, -0.15) is 5.10 Å². The summed E-state index contributed by atoms with van der Waals surface area (Å²) in [5.41, 5.74) is 8.29. The lowest BCUT2D eigenvalue weighted by Crippen LogP contribution is -2.03. The first-order valence-corrected chi connectivity index (χ1v) is 6.26. The minimum atomic E-state index is -0.269. The fourth-order valence-electron chi connectivity index (χ4n) is 2.07. The van der Waals surface area contributed by atoms with Crippen LogP contribution in [-0.2, 0) is 6.42 Å². The molecule has 2 N–H and O–H groups in total. The van der Waals surface area contributed by atoms with E-state index in [1.807, 2.05) is 6.92 Å². The highest BCUT2D eigenvalue weighted by molar-refractivity contribution is 5.41. The number of hydrogen-bond acceptors (Lipinski definition) is 3. The maximum absolute atomic E-state index is 13.0. The molecule has 1 heterocycles. The summed E-state index contributed by atoms with van der Waals surface area (Å²) in [5.74, 6) is 0.424. The molecule has 1 aromatic heterocycles. The molecule has 2 aromatic rings. The van der Waals surface area contributed by atoms with Crippen molar-refractivity contribution in [2.24, 2.45) is 5.73 Å². The largest absolute Gasteiger partial charge is 0.481 e. The van der Waals surface area contributed by atoms with Crippen LogP contribution in [0.2, 0.25) is 0 Å². The second-order valence-electron chi connectivity index (χ2n) is 4.35. The Balaban J connectivity index is 2.43. The van der Waals surface area contributed by atoms with Crippen molar-refractivity contribution >= 4 is 0 Å². The Morgan fingerprint density at radius 2 is 2.00 bits per heavy atom. The fourth-order valence-corrected chi connectivity index (χ4v) is 2.07. The van der Waals surface area contributed by atoms with E-state index in [1.165, 1.54) is 12.1 Å².